The first-order valence-corrected chi connectivity index (χ1v) is 12.0. The van der Waals surface area contributed by atoms with Crippen LogP contribution in [-0.2, 0) is 16.4 Å². The summed E-state index contributed by atoms with van der Waals surface area (Å²) in [4.78, 5) is 8.92. The largest absolute Gasteiger partial charge is 0.454 e. The van der Waals surface area contributed by atoms with Crippen molar-refractivity contribution in [2.45, 2.75) is 31.2 Å². The second kappa shape index (κ2) is 8.45. The molecule has 0 amide bonds. The number of rotatable bonds is 7. The van der Waals surface area contributed by atoms with Crippen LogP contribution in [0.5, 0.6) is 11.5 Å². The molecule has 1 aliphatic rings. The van der Waals surface area contributed by atoms with Crippen LogP contribution < -0.4 is 9.47 Å². The Bertz CT molecular complexity index is 1410. The van der Waals surface area contributed by atoms with Crippen molar-refractivity contribution in [2.75, 3.05) is 13.3 Å². The highest BCUT2D eigenvalue weighted by Crippen LogP contribution is 2.35. The zero-order chi connectivity index (χ0) is 23.0. The molecule has 9 nitrogen and oxygen atoms in total. The fraction of sp³-hybridized carbons (Fsp3) is 0.261. The molecule has 0 spiro atoms. The van der Waals surface area contributed by atoms with E-state index in [-0.39, 0.29) is 30.7 Å². The van der Waals surface area contributed by atoms with Crippen LogP contribution in [0.4, 0.5) is 0 Å². The molecule has 0 fully saturated rings. The maximum atomic E-state index is 13.5. The van der Waals surface area contributed by atoms with Crippen LogP contribution in [0.1, 0.15) is 19.7 Å². The molecule has 1 aliphatic heterocycles. The van der Waals surface area contributed by atoms with Crippen LogP contribution in [0, 0.1) is 0 Å². The fourth-order valence-electron chi connectivity index (χ4n) is 3.78. The lowest BCUT2D eigenvalue weighted by molar-refractivity contribution is 0.174. The molecule has 0 bridgehead atoms. The molecule has 0 saturated carbocycles. The number of hydrogen-bond acceptors (Lipinski definition) is 8. The van der Waals surface area contributed by atoms with Crippen molar-refractivity contribution in [2.24, 2.45) is 0 Å². The molecule has 2 aromatic heterocycles. The maximum Gasteiger partial charge on any atom is 0.245 e. The number of benzene rings is 2. The quantitative estimate of drug-likeness (QED) is 0.406. The van der Waals surface area contributed by atoms with Gasteiger partial charge >= 0.3 is 0 Å². The average molecular weight is 467 g/mol. The van der Waals surface area contributed by atoms with Gasteiger partial charge in [-0.15, -0.1) is 0 Å². The van der Waals surface area contributed by atoms with Crippen molar-refractivity contribution in [3.8, 4) is 22.9 Å². The number of para-hydroxylation sites is 1. The van der Waals surface area contributed by atoms with E-state index in [1.165, 1.54) is 4.31 Å². The third-order valence-electron chi connectivity index (χ3n) is 5.40. The highest BCUT2D eigenvalue weighted by atomic mass is 32.2. The van der Waals surface area contributed by atoms with Gasteiger partial charge in [-0.3, -0.25) is 4.98 Å². The molecule has 0 atom stereocenters. The number of pyridine rings is 1. The Morgan fingerprint density at radius 1 is 1.06 bits per heavy atom. The molecule has 0 aliphatic carbocycles. The molecule has 10 heteroatoms. The van der Waals surface area contributed by atoms with Crippen LogP contribution >= 0.6 is 0 Å². The van der Waals surface area contributed by atoms with Crippen LogP contribution in [0.25, 0.3) is 22.3 Å². The number of aromatic nitrogens is 3. The Balaban J connectivity index is 1.37. The highest BCUT2D eigenvalue weighted by molar-refractivity contribution is 7.89. The molecule has 170 valence electrons. The predicted molar refractivity (Wildman–Crippen MR) is 120 cm³/mol. The van der Waals surface area contributed by atoms with E-state index in [4.69, 9.17) is 14.0 Å². The summed E-state index contributed by atoms with van der Waals surface area (Å²) < 4.78 is 44.6. The van der Waals surface area contributed by atoms with E-state index in [2.05, 4.69) is 15.1 Å². The van der Waals surface area contributed by atoms with Gasteiger partial charge in [0.25, 0.3) is 0 Å². The van der Waals surface area contributed by atoms with Gasteiger partial charge in [0.15, 0.2) is 11.5 Å². The topological polar surface area (TPSA) is 108 Å². The van der Waals surface area contributed by atoms with Gasteiger partial charge in [-0.25, -0.2) is 8.42 Å². The Labute approximate surface area is 191 Å². The second-order valence-corrected chi connectivity index (χ2v) is 9.73. The SMILES string of the molecule is CC(C)N(CCc1nc(-c2ccc3c(c2)OCO3)no1)S(=O)(=O)c1cccc2cccnc12. The van der Waals surface area contributed by atoms with Crippen molar-refractivity contribution in [1.82, 2.24) is 19.4 Å². The second-order valence-electron chi connectivity index (χ2n) is 7.87. The molecule has 3 heterocycles. The summed E-state index contributed by atoms with van der Waals surface area (Å²) in [6, 6.07) is 13.9. The normalized spacial score (nSPS) is 13.3. The van der Waals surface area contributed by atoms with E-state index in [1.54, 1.807) is 36.5 Å². The maximum absolute atomic E-state index is 13.5. The molecular formula is C23H22N4O5S. The Morgan fingerprint density at radius 3 is 2.73 bits per heavy atom. The average Bonchev–Trinajstić information content (AvgIpc) is 3.47. The van der Waals surface area contributed by atoms with E-state index in [1.807, 2.05) is 32.0 Å². The smallest absolute Gasteiger partial charge is 0.245 e. The van der Waals surface area contributed by atoms with E-state index in [9.17, 15) is 8.42 Å². The molecule has 33 heavy (non-hydrogen) atoms. The fourth-order valence-corrected chi connectivity index (χ4v) is 5.59. The zero-order valence-corrected chi connectivity index (χ0v) is 18.9. The van der Waals surface area contributed by atoms with Crippen LogP contribution in [0.2, 0.25) is 0 Å². The van der Waals surface area contributed by atoms with E-state index in [0.717, 1.165) is 10.9 Å². The summed E-state index contributed by atoms with van der Waals surface area (Å²) in [6.07, 6.45) is 1.87. The molecule has 5 rings (SSSR count). The predicted octanol–water partition coefficient (Wildman–Crippen LogP) is 3.66. The number of sulfonamides is 1. The molecule has 0 radical (unpaired) electrons. The van der Waals surface area contributed by atoms with Crippen molar-refractivity contribution in [3.63, 3.8) is 0 Å². The molecule has 0 unspecified atom stereocenters. The summed E-state index contributed by atoms with van der Waals surface area (Å²) in [5.74, 6) is 2.04. The third kappa shape index (κ3) is 4.03. The third-order valence-corrected chi connectivity index (χ3v) is 7.51. The minimum Gasteiger partial charge on any atom is -0.454 e. The number of nitrogens with zero attached hydrogens (tertiary/aromatic N) is 4. The van der Waals surface area contributed by atoms with Gasteiger partial charge in [0.2, 0.25) is 28.5 Å². The summed E-state index contributed by atoms with van der Waals surface area (Å²) in [5, 5.41) is 4.81. The van der Waals surface area contributed by atoms with Gasteiger partial charge in [-0.1, -0.05) is 23.4 Å². The van der Waals surface area contributed by atoms with E-state index >= 15 is 0 Å². The van der Waals surface area contributed by atoms with E-state index in [0.29, 0.717) is 28.7 Å². The Kier molecular flexibility index (Phi) is 5.47. The summed E-state index contributed by atoms with van der Waals surface area (Å²) >= 11 is 0. The Hall–Kier alpha value is -3.50. The van der Waals surface area contributed by atoms with Crippen LogP contribution in [0.3, 0.4) is 0 Å². The van der Waals surface area contributed by atoms with Crippen molar-refractivity contribution >= 4 is 20.9 Å². The number of fused-ring (bicyclic) bond motifs is 2. The zero-order valence-electron chi connectivity index (χ0n) is 18.1. The van der Waals surface area contributed by atoms with Crippen LogP contribution in [0.15, 0.2) is 64.1 Å². The lowest BCUT2D eigenvalue weighted by atomic mass is 10.2. The van der Waals surface area contributed by atoms with Crippen LogP contribution in [-0.4, -0.2) is 47.2 Å². The van der Waals surface area contributed by atoms with Gasteiger partial charge in [-0.2, -0.15) is 9.29 Å². The van der Waals surface area contributed by atoms with Gasteiger partial charge in [0.05, 0.1) is 5.52 Å². The molecule has 2 aromatic carbocycles. The summed E-state index contributed by atoms with van der Waals surface area (Å²) in [7, 11) is -3.80. The van der Waals surface area contributed by atoms with E-state index < -0.39 is 10.0 Å². The highest BCUT2D eigenvalue weighted by Gasteiger charge is 2.29. The molecular weight excluding hydrogens is 444 g/mol. The molecule has 4 aromatic rings. The molecule has 0 N–H and O–H groups in total. The monoisotopic (exact) mass is 466 g/mol. The first-order valence-electron chi connectivity index (χ1n) is 10.5. The molecule has 0 saturated heterocycles. The standard InChI is InChI=1S/C23H22N4O5S/c1-15(2)27(33(28,29)20-7-3-5-16-6-4-11-24-22(16)20)12-10-21-25-23(26-32-21)17-8-9-18-19(13-17)31-14-30-18/h3-9,11,13,15H,10,12,14H2,1-2H3. The van der Waals surface area contributed by atoms with Gasteiger partial charge in [0.1, 0.15) is 4.90 Å². The van der Waals surface area contributed by atoms with Gasteiger partial charge < -0.3 is 14.0 Å². The lowest BCUT2D eigenvalue weighted by Gasteiger charge is -2.25. The minimum atomic E-state index is -3.80. The van der Waals surface area contributed by atoms with Crippen molar-refractivity contribution in [1.29, 1.82) is 0 Å². The van der Waals surface area contributed by atoms with Gasteiger partial charge in [0, 0.05) is 36.2 Å². The number of ether oxygens (including phenoxy) is 2. The summed E-state index contributed by atoms with van der Waals surface area (Å²) in [6.45, 7) is 4.04. The minimum absolute atomic E-state index is 0.181. The lowest BCUT2D eigenvalue weighted by Crippen LogP contribution is -2.38. The Morgan fingerprint density at radius 2 is 1.88 bits per heavy atom. The number of hydrogen-bond donors (Lipinski definition) is 0. The van der Waals surface area contributed by atoms with Crippen molar-refractivity contribution < 1.29 is 22.4 Å². The van der Waals surface area contributed by atoms with Gasteiger partial charge in [-0.05, 0) is 44.2 Å². The van der Waals surface area contributed by atoms with Crippen molar-refractivity contribution in [3.05, 3.63) is 60.6 Å². The first kappa shape index (κ1) is 21.4. The summed E-state index contributed by atoms with van der Waals surface area (Å²) in [5.41, 5.74) is 1.18. The first-order chi connectivity index (χ1) is 15.9.